The van der Waals surface area contributed by atoms with Crippen molar-refractivity contribution in [2.75, 3.05) is 49.3 Å². The van der Waals surface area contributed by atoms with E-state index in [0.29, 0.717) is 29.2 Å². The fourth-order valence-corrected chi connectivity index (χ4v) is 5.76. The Labute approximate surface area is 202 Å². The largest absolute Gasteiger partial charge is 0.354 e. The summed E-state index contributed by atoms with van der Waals surface area (Å²) < 4.78 is 0. The summed E-state index contributed by atoms with van der Waals surface area (Å²) >= 11 is 0. The summed E-state index contributed by atoms with van der Waals surface area (Å²) in [4.78, 5) is 20.7. The molecular weight excluding hydrogens is 424 g/mol. The molecule has 34 heavy (non-hydrogen) atoms. The zero-order chi connectivity index (χ0) is 23.7. The molecule has 8 heteroatoms. The molecule has 0 radical (unpaired) electrons. The number of nitrogens with zero attached hydrogens (tertiary/aromatic N) is 5. The molecule has 3 atom stereocenters. The van der Waals surface area contributed by atoms with Crippen LogP contribution in [0.2, 0.25) is 0 Å². The molecule has 8 nitrogen and oxygen atoms in total. The Morgan fingerprint density at radius 2 is 1.94 bits per heavy atom. The van der Waals surface area contributed by atoms with Crippen LogP contribution in [0.15, 0.2) is 36.5 Å². The number of nitrogens with one attached hydrogen (secondary N) is 3. The van der Waals surface area contributed by atoms with E-state index >= 15 is 0 Å². The van der Waals surface area contributed by atoms with Crippen LogP contribution in [-0.2, 0) is 0 Å². The van der Waals surface area contributed by atoms with Crippen LogP contribution >= 0.6 is 0 Å². The molecule has 3 saturated carbocycles. The molecule has 0 amide bonds. The van der Waals surface area contributed by atoms with Crippen LogP contribution in [-0.4, -0.2) is 53.7 Å². The van der Waals surface area contributed by atoms with Crippen LogP contribution in [0.1, 0.15) is 33.1 Å². The van der Waals surface area contributed by atoms with E-state index in [-0.39, 0.29) is 0 Å². The van der Waals surface area contributed by atoms with Crippen LogP contribution in [0, 0.1) is 23.2 Å². The lowest BCUT2D eigenvalue weighted by Crippen LogP contribution is -2.53. The van der Waals surface area contributed by atoms with Gasteiger partial charge in [0.2, 0.25) is 17.8 Å². The average Bonchev–Trinajstić information content (AvgIpc) is 2.85. The normalized spacial score (nSPS) is 22.8. The molecule has 3 fully saturated rings. The number of hydrogen-bond donors (Lipinski definition) is 3. The minimum absolute atomic E-state index is 0.472. The predicted octanol–water partition coefficient (Wildman–Crippen LogP) is 4.30. The molecule has 1 aromatic carbocycles. The number of rotatable bonds is 9. The molecular formula is C26H36N8. The lowest BCUT2D eigenvalue weighted by Gasteiger charge is -2.60. The molecule has 3 unspecified atom stereocenters. The third-order valence-electron chi connectivity index (χ3n) is 8.05. The van der Waals surface area contributed by atoms with Gasteiger partial charge < -0.3 is 20.9 Å². The van der Waals surface area contributed by atoms with Gasteiger partial charge >= 0.3 is 0 Å². The third kappa shape index (κ3) is 4.51. The number of fused-ring (bicyclic) bond motifs is 3. The number of pyridine rings is 1. The zero-order valence-electron chi connectivity index (χ0n) is 20.7. The first-order valence-electron chi connectivity index (χ1n) is 12.4. The fraction of sp³-hybridized carbons (Fsp3) is 0.538. The maximum atomic E-state index is 4.75. The molecule has 2 heterocycles. The van der Waals surface area contributed by atoms with Crippen LogP contribution in [0.5, 0.6) is 0 Å². The van der Waals surface area contributed by atoms with Crippen LogP contribution in [0.3, 0.4) is 0 Å². The van der Waals surface area contributed by atoms with Gasteiger partial charge in [-0.3, -0.25) is 4.98 Å². The fourth-order valence-electron chi connectivity index (χ4n) is 5.76. The molecule has 2 aromatic heterocycles. The smallest absolute Gasteiger partial charge is 0.233 e. The second kappa shape index (κ2) is 9.33. The highest BCUT2D eigenvalue weighted by molar-refractivity contribution is 5.82. The Morgan fingerprint density at radius 3 is 2.74 bits per heavy atom. The van der Waals surface area contributed by atoms with Gasteiger partial charge in [0, 0.05) is 44.0 Å². The van der Waals surface area contributed by atoms with Gasteiger partial charge in [0.05, 0.1) is 5.52 Å². The summed E-state index contributed by atoms with van der Waals surface area (Å²) in [5, 5.41) is 11.2. The molecule has 180 valence electrons. The summed E-state index contributed by atoms with van der Waals surface area (Å²) in [6.45, 7) is 7.45. The lowest BCUT2D eigenvalue weighted by atomic mass is 9.45. The number of aromatic nitrogens is 4. The van der Waals surface area contributed by atoms with Crippen molar-refractivity contribution < 1.29 is 0 Å². The van der Waals surface area contributed by atoms with Crippen molar-refractivity contribution in [3.05, 3.63) is 36.5 Å². The quantitative estimate of drug-likeness (QED) is 0.435. The van der Waals surface area contributed by atoms with Gasteiger partial charge in [0.25, 0.3) is 0 Å². The first kappa shape index (κ1) is 22.8. The van der Waals surface area contributed by atoms with E-state index in [1.54, 1.807) is 0 Å². The Hall–Kier alpha value is -3.00. The van der Waals surface area contributed by atoms with Gasteiger partial charge in [-0.1, -0.05) is 19.9 Å². The summed E-state index contributed by atoms with van der Waals surface area (Å²) in [6, 6.07) is 10.1. The van der Waals surface area contributed by atoms with Crippen molar-refractivity contribution in [2.24, 2.45) is 23.2 Å². The van der Waals surface area contributed by atoms with Gasteiger partial charge in [-0.15, -0.1) is 0 Å². The molecule has 6 rings (SSSR count). The van der Waals surface area contributed by atoms with Crippen molar-refractivity contribution in [2.45, 2.75) is 33.1 Å². The predicted molar refractivity (Wildman–Crippen MR) is 139 cm³/mol. The van der Waals surface area contributed by atoms with Gasteiger partial charge in [-0.05, 0) is 73.7 Å². The number of hydrogen-bond acceptors (Lipinski definition) is 8. The molecule has 3 aromatic rings. The molecule has 0 spiro atoms. The first-order chi connectivity index (χ1) is 16.4. The van der Waals surface area contributed by atoms with E-state index in [0.717, 1.165) is 48.1 Å². The molecule has 3 N–H and O–H groups in total. The SMILES string of the molecule is CNCCN(C)c1nc(NCC2CCC3CC2C3(C)C)nc(Nc2ccc3ncccc3c2)n1. The maximum absolute atomic E-state index is 4.75. The van der Waals surface area contributed by atoms with Crippen molar-refractivity contribution in [1.82, 2.24) is 25.3 Å². The Bertz CT molecular complexity index is 1140. The molecule has 3 aliphatic carbocycles. The molecule has 0 saturated heterocycles. The second-order valence-corrected chi connectivity index (χ2v) is 10.4. The van der Waals surface area contributed by atoms with Gasteiger partial charge in [0.15, 0.2) is 0 Å². The maximum Gasteiger partial charge on any atom is 0.233 e. The van der Waals surface area contributed by atoms with Gasteiger partial charge in [-0.2, -0.15) is 15.0 Å². The monoisotopic (exact) mass is 460 g/mol. The highest BCUT2D eigenvalue weighted by atomic mass is 15.3. The summed E-state index contributed by atoms with van der Waals surface area (Å²) in [5.41, 5.74) is 2.36. The van der Waals surface area contributed by atoms with Crippen molar-refractivity contribution in [3.63, 3.8) is 0 Å². The second-order valence-electron chi connectivity index (χ2n) is 10.4. The standard InChI is InChI=1S/C26H36N8/c1-26(2)19-8-7-18(21(26)15-19)16-29-23-31-24(33-25(32-23)34(4)13-12-27-3)30-20-9-10-22-17(14-20)6-5-11-28-22/h5-6,9-11,14,18-19,21,27H,7-8,12-13,15-16H2,1-4H3,(H2,29,30,31,32,33). The van der Waals surface area contributed by atoms with Crippen LogP contribution < -0.4 is 20.9 Å². The Morgan fingerprint density at radius 1 is 1.09 bits per heavy atom. The van der Waals surface area contributed by atoms with Crippen LogP contribution in [0.25, 0.3) is 10.9 Å². The summed E-state index contributed by atoms with van der Waals surface area (Å²) in [5.74, 6) is 4.20. The topological polar surface area (TPSA) is 90.9 Å². The number of likely N-dealkylation sites (N-methyl/N-ethyl adjacent to an activating group) is 2. The number of anilines is 4. The lowest BCUT2D eigenvalue weighted by molar-refractivity contribution is -0.100. The highest BCUT2D eigenvalue weighted by Gasteiger charge is 2.53. The molecule has 3 aliphatic rings. The minimum atomic E-state index is 0.472. The van der Waals surface area contributed by atoms with Crippen LogP contribution in [0.4, 0.5) is 23.5 Å². The van der Waals surface area contributed by atoms with Crippen molar-refractivity contribution >= 4 is 34.4 Å². The van der Waals surface area contributed by atoms with Gasteiger partial charge in [-0.25, -0.2) is 0 Å². The van der Waals surface area contributed by atoms with E-state index in [1.807, 2.05) is 38.5 Å². The van der Waals surface area contributed by atoms with Crippen molar-refractivity contribution in [3.8, 4) is 0 Å². The van der Waals surface area contributed by atoms with E-state index in [9.17, 15) is 0 Å². The third-order valence-corrected chi connectivity index (χ3v) is 8.05. The van der Waals surface area contributed by atoms with Gasteiger partial charge in [0.1, 0.15) is 0 Å². The highest BCUT2D eigenvalue weighted by Crippen LogP contribution is 2.61. The zero-order valence-corrected chi connectivity index (χ0v) is 20.7. The Balaban J connectivity index is 1.36. The van der Waals surface area contributed by atoms with E-state index in [2.05, 4.69) is 51.8 Å². The molecule has 0 aliphatic heterocycles. The Kier molecular flexibility index (Phi) is 6.25. The van der Waals surface area contributed by atoms with E-state index in [1.165, 1.54) is 19.3 Å². The summed E-state index contributed by atoms with van der Waals surface area (Å²) in [6.07, 6.45) is 5.82. The summed E-state index contributed by atoms with van der Waals surface area (Å²) in [7, 11) is 3.96. The van der Waals surface area contributed by atoms with E-state index < -0.39 is 0 Å². The number of benzene rings is 1. The van der Waals surface area contributed by atoms with E-state index in [4.69, 9.17) is 15.0 Å². The first-order valence-corrected chi connectivity index (χ1v) is 12.4. The van der Waals surface area contributed by atoms with Crippen molar-refractivity contribution in [1.29, 1.82) is 0 Å². The minimum Gasteiger partial charge on any atom is -0.354 e. The average molecular weight is 461 g/mol. The molecule has 2 bridgehead atoms.